The molecule has 118 valence electrons. The Morgan fingerprint density at radius 2 is 1.71 bits per heavy atom. The molecule has 2 rings (SSSR count). The average molecular weight is 311 g/mol. The van der Waals surface area contributed by atoms with Gasteiger partial charge in [0.25, 0.3) is 0 Å². The van der Waals surface area contributed by atoms with Gasteiger partial charge in [-0.3, -0.25) is 9.40 Å². The summed E-state index contributed by atoms with van der Waals surface area (Å²) in [6.07, 6.45) is 5.61. The summed E-state index contributed by atoms with van der Waals surface area (Å²) in [5.41, 5.74) is -0.377. The number of rotatable bonds is 5. The summed E-state index contributed by atoms with van der Waals surface area (Å²) in [5, 5.41) is 0. The Balaban J connectivity index is 2.08. The maximum Gasteiger partial charge on any atom is 0.330 e. The molecule has 1 aromatic carbocycles. The van der Waals surface area contributed by atoms with Crippen LogP contribution in [0.25, 0.3) is 0 Å². The molecule has 0 amide bonds. The van der Waals surface area contributed by atoms with Gasteiger partial charge in [-0.2, -0.15) is 0 Å². The van der Waals surface area contributed by atoms with E-state index in [9.17, 15) is 4.57 Å². The van der Waals surface area contributed by atoms with Gasteiger partial charge in [0.15, 0.2) is 0 Å². The predicted octanol–water partition coefficient (Wildman–Crippen LogP) is 4.82. The normalized spacial score (nSPS) is 18.7. The van der Waals surface area contributed by atoms with E-state index in [-0.39, 0.29) is 11.6 Å². The van der Waals surface area contributed by atoms with Gasteiger partial charge in [-0.25, -0.2) is 0 Å². The molecule has 0 heterocycles. The summed E-state index contributed by atoms with van der Waals surface area (Å²) in [6.45, 7) is 5.92. The molecular weight excluding hydrogens is 285 g/mol. The van der Waals surface area contributed by atoms with Gasteiger partial charge in [0.2, 0.25) is 0 Å². The van der Waals surface area contributed by atoms with Gasteiger partial charge in [-0.15, -0.1) is 4.83 Å². The minimum atomic E-state index is -2.45. The SMILES string of the molecule is CC(C)(C)ON(C1CCCCC1)[PH](=O)Oc1ccccc1. The van der Waals surface area contributed by atoms with E-state index in [0.717, 1.165) is 25.7 Å². The van der Waals surface area contributed by atoms with Crippen LogP contribution in [-0.2, 0) is 9.40 Å². The van der Waals surface area contributed by atoms with Crippen LogP contribution < -0.4 is 4.52 Å². The lowest BCUT2D eigenvalue weighted by atomic mass is 9.96. The topological polar surface area (TPSA) is 38.8 Å². The monoisotopic (exact) mass is 311 g/mol. The highest BCUT2D eigenvalue weighted by Crippen LogP contribution is 2.39. The third-order valence-electron chi connectivity index (χ3n) is 3.41. The molecule has 1 atom stereocenters. The predicted molar refractivity (Wildman–Crippen MR) is 85.6 cm³/mol. The molecule has 0 saturated heterocycles. The molecule has 1 aliphatic carbocycles. The molecule has 5 heteroatoms. The molecule has 1 unspecified atom stereocenters. The number of hydroxylamine groups is 1. The second-order valence-electron chi connectivity index (χ2n) is 6.50. The van der Waals surface area contributed by atoms with Crippen LogP contribution in [0.2, 0.25) is 0 Å². The lowest BCUT2D eigenvalue weighted by Crippen LogP contribution is -2.38. The summed E-state index contributed by atoms with van der Waals surface area (Å²) in [6, 6.07) is 9.49. The number of para-hydroxylation sites is 1. The number of benzene rings is 1. The van der Waals surface area contributed by atoms with Crippen molar-refractivity contribution in [1.29, 1.82) is 0 Å². The van der Waals surface area contributed by atoms with Gasteiger partial charge >= 0.3 is 8.18 Å². The van der Waals surface area contributed by atoms with Gasteiger partial charge in [0.1, 0.15) is 5.75 Å². The van der Waals surface area contributed by atoms with E-state index in [0.29, 0.717) is 5.75 Å². The minimum Gasteiger partial charge on any atom is -0.433 e. The van der Waals surface area contributed by atoms with Gasteiger partial charge in [-0.1, -0.05) is 37.5 Å². The van der Waals surface area contributed by atoms with Crippen molar-refractivity contribution in [1.82, 2.24) is 4.83 Å². The molecule has 1 aliphatic rings. The fraction of sp³-hybridized carbons (Fsp3) is 0.625. The summed E-state index contributed by atoms with van der Waals surface area (Å²) in [7, 11) is -2.45. The van der Waals surface area contributed by atoms with Crippen molar-refractivity contribution in [2.45, 2.75) is 64.5 Å². The first-order valence-corrected chi connectivity index (χ1v) is 8.97. The first kappa shape index (κ1) is 16.5. The Hall–Kier alpha value is -0.830. The highest BCUT2D eigenvalue weighted by atomic mass is 31.1. The van der Waals surface area contributed by atoms with Crippen LogP contribution in [0.1, 0.15) is 52.9 Å². The maximum atomic E-state index is 12.7. The Kier molecular flexibility index (Phi) is 5.86. The number of hydrogen-bond donors (Lipinski definition) is 0. The van der Waals surface area contributed by atoms with E-state index in [4.69, 9.17) is 9.36 Å². The van der Waals surface area contributed by atoms with E-state index >= 15 is 0 Å². The largest absolute Gasteiger partial charge is 0.433 e. The van der Waals surface area contributed by atoms with Crippen molar-refractivity contribution in [3.05, 3.63) is 30.3 Å². The Morgan fingerprint density at radius 1 is 1.10 bits per heavy atom. The fourth-order valence-corrected chi connectivity index (χ4v) is 3.84. The quantitative estimate of drug-likeness (QED) is 0.577. The molecule has 1 fully saturated rings. The van der Waals surface area contributed by atoms with Gasteiger partial charge in [-0.05, 0) is 45.7 Å². The molecule has 0 aliphatic heterocycles. The van der Waals surface area contributed by atoms with Crippen molar-refractivity contribution in [2.24, 2.45) is 0 Å². The zero-order valence-corrected chi connectivity index (χ0v) is 14.2. The fourth-order valence-electron chi connectivity index (χ4n) is 2.51. The van der Waals surface area contributed by atoms with Crippen LogP contribution in [0.15, 0.2) is 30.3 Å². The molecule has 0 radical (unpaired) electrons. The Morgan fingerprint density at radius 3 is 2.29 bits per heavy atom. The molecular formula is C16H26NO3P. The van der Waals surface area contributed by atoms with E-state index in [1.807, 2.05) is 51.1 Å². The van der Waals surface area contributed by atoms with E-state index in [2.05, 4.69) is 0 Å². The van der Waals surface area contributed by atoms with Crippen molar-refractivity contribution >= 4 is 8.18 Å². The average Bonchev–Trinajstić information content (AvgIpc) is 2.46. The zero-order chi connectivity index (χ0) is 15.3. The van der Waals surface area contributed by atoms with Crippen LogP contribution in [0, 0.1) is 0 Å². The van der Waals surface area contributed by atoms with Crippen molar-refractivity contribution in [3.63, 3.8) is 0 Å². The van der Waals surface area contributed by atoms with Gasteiger partial charge in [0, 0.05) is 6.04 Å². The van der Waals surface area contributed by atoms with Crippen LogP contribution >= 0.6 is 8.18 Å². The Labute approximate surface area is 128 Å². The molecule has 21 heavy (non-hydrogen) atoms. The number of hydrogen-bond acceptors (Lipinski definition) is 3. The van der Waals surface area contributed by atoms with E-state index in [1.165, 1.54) is 6.42 Å². The molecule has 0 N–H and O–H groups in total. The second kappa shape index (κ2) is 7.44. The summed E-state index contributed by atoms with van der Waals surface area (Å²) >= 11 is 0. The van der Waals surface area contributed by atoms with Crippen LogP contribution in [0.4, 0.5) is 0 Å². The van der Waals surface area contributed by atoms with Gasteiger partial charge in [0.05, 0.1) is 5.60 Å². The third kappa shape index (κ3) is 5.46. The Bertz CT molecular complexity index is 452. The summed E-state index contributed by atoms with van der Waals surface area (Å²) < 4.78 is 18.3. The van der Waals surface area contributed by atoms with Gasteiger partial charge < -0.3 is 4.52 Å². The maximum absolute atomic E-state index is 12.7. The first-order valence-electron chi connectivity index (χ1n) is 7.71. The molecule has 0 bridgehead atoms. The second-order valence-corrected chi connectivity index (χ2v) is 7.68. The van der Waals surface area contributed by atoms with Crippen molar-refractivity contribution in [2.75, 3.05) is 0 Å². The number of nitrogens with zero attached hydrogens (tertiary/aromatic N) is 1. The molecule has 0 spiro atoms. The highest BCUT2D eigenvalue weighted by molar-refractivity contribution is 7.36. The minimum absolute atomic E-state index is 0.188. The molecule has 0 aromatic heterocycles. The van der Waals surface area contributed by atoms with Crippen LogP contribution in [0.5, 0.6) is 5.75 Å². The molecule has 4 nitrogen and oxygen atoms in total. The zero-order valence-electron chi connectivity index (χ0n) is 13.2. The van der Waals surface area contributed by atoms with E-state index in [1.54, 1.807) is 4.83 Å². The van der Waals surface area contributed by atoms with Crippen molar-refractivity contribution < 1.29 is 13.9 Å². The summed E-state index contributed by atoms with van der Waals surface area (Å²) in [4.78, 5) is 7.59. The molecule has 1 aromatic rings. The standard InChI is InChI=1S/C16H26NO3P/c1-16(2,3)20-17(14-10-6-4-7-11-14)21(18)19-15-12-8-5-9-13-15/h5,8-9,12-14,21H,4,6-7,10-11H2,1-3H3. The first-order chi connectivity index (χ1) is 9.96. The van der Waals surface area contributed by atoms with Crippen LogP contribution in [0.3, 0.4) is 0 Å². The van der Waals surface area contributed by atoms with Crippen LogP contribution in [-0.4, -0.2) is 16.5 Å². The lowest BCUT2D eigenvalue weighted by Gasteiger charge is -2.36. The van der Waals surface area contributed by atoms with Crippen molar-refractivity contribution in [3.8, 4) is 5.75 Å². The highest BCUT2D eigenvalue weighted by Gasteiger charge is 2.31. The summed E-state index contributed by atoms with van der Waals surface area (Å²) in [5.74, 6) is 0.625. The lowest BCUT2D eigenvalue weighted by molar-refractivity contribution is -0.197. The smallest absolute Gasteiger partial charge is 0.330 e. The molecule has 1 saturated carbocycles. The van der Waals surface area contributed by atoms with E-state index < -0.39 is 8.18 Å². The third-order valence-corrected chi connectivity index (χ3v) is 4.63.